The van der Waals surface area contributed by atoms with Gasteiger partial charge in [0, 0.05) is 11.9 Å². The maximum absolute atomic E-state index is 5.45. The minimum absolute atomic E-state index is 0.708. The van der Waals surface area contributed by atoms with Gasteiger partial charge in [-0.2, -0.15) is 0 Å². The van der Waals surface area contributed by atoms with Crippen LogP contribution in [0, 0.1) is 6.92 Å². The second kappa shape index (κ2) is 4.94. The quantitative estimate of drug-likeness (QED) is 0.769. The van der Waals surface area contributed by atoms with E-state index in [4.69, 9.17) is 5.73 Å². The fourth-order valence-corrected chi connectivity index (χ4v) is 1.76. The lowest BCUT2D eigenvalue weighted by molar-refractivity contribution is 0.871. The highest BCUT2D eigenvalue weighted by Crippen LogP contribution is 2.19. The molecule has 3 heteroatoms. The van der Waals surface area contributed by atoms with E-state index < -0.39 is 0 Å². The Balaban J connectivity index is 2.27. The third-order valence-corrected chi connectivity index (χ3v) is 2.61. The monoisotopic (exact) mass is 215 g/mol. The molecule has 0 saturated heterocycles. The van der Waals surface area contributed by atoms with Gasteiger partial charge in [0.25, 0.3) is 0 Å². The summed E-state index contributed by atoms with van der Waals surface area (Å²) in [5.74, 6) is 0.935. The summed E-state index contributed by atoms with van der Waals surface area (Å²) < 4.78 is 0. The van der Waals surface area contributed by atoms with Crippen molar-refractivity contribution in [2.24, 2.45) is 5.73 Å². The summed E-state index contributed by atoms with van der Waals surface area (Å²) in [4.78, 5) is 4.56. The van der Waals surface area contributed by atoms with Gasteiger partial charge in [-0.25, -0.2) is 4.98 Å². The predicted molar refractivity (Wildman–Crippen MR) is 68.6 cm³/mol. The van der Waals surface area contributed by atoms with Crippen LogP contribution in [0.4, 0.5) is 5.82 Å². The highest BCUT2D eigenvalue weighted by Gasteiger charge is 2.00. The average molecular weight is 215 g/mol. The minimum Gasteiger partial charge on any atom is -0.370 e. The van der Waals surface area contributed by atoms with E-state index in [1.807, 2.05) is 18.2 Å². The van der Waals surface area contributed by atoms with Crippen LogP contribution in [0.2, 0.25) is 0 Å². The molecule has 0 bridgehead atoms. The molecular formula is C13H17N3. The molecule has 3 nitrogen and oxygen atoms in total. The summed E-state index contributed by atoms with van der Waals surface area (Å²) in [6.45, 7) is 3.69. The first kappa shape index (κ1) is 10.9. The zero-order valence-corrected chi connectivity index (χ0v) is 9.53. The van der Waals surface area contributed by atoms with Crippen molar-refractivity contribution < 1.29 is 0 Å². The number of nitrogens with one attached hydrogen (secondary N) is 1. The molecule has 0 unspecified atom stereocenters. The van der Waals surface area contributed by atoms with Crippen molar-refractivity contribution in [3.05, 3.63) is 35.9 Å². The standard InChI is InChI=1S/C13H17N3/c1-10-9-13(15-8-4-7-14)16-12-6-3-2-5-11(10)12/h2-3,5-6,9H,4,7-8,14H2,1H3,(H,15,16). The zero-order chi connectivity index (χ0) is 11.4. The molecule has 0 aliphatic rings. The normalized spacial score (nSPS) is 10.6. The van der Waals surface area contributed by atoms with Gasteiger partial charge in [-0.1, -0.05) is 18.2 Å². The number of hydrogen-bond acceptors (Lipinski definition) is 3. The lowest BCUT2D eigenvalue weighted by atomic mass is 10.1. The molecule has 0 atom stereocenters. The van der Waals surface area contributed by atoms with E-state index in [-0.39, 0.29) is 0 Å². The van der Waals surface area contributed by atoms with Crippen LogP contribution in [-0.2, 0) is 0 Å². The first-order chi connectivity index (χ1) is 7.81. The second-order valence-corrected chi connectivity index (χ2v) is 3.91. The van der Waals surface area contributed by atoms with Gasteiger partial charge in [0.05, 0.1) is 5.52 Å². The number of pyridine rings is 1. The van der Waals surface area contributed by atoms with Crippen LogP contribution in [0.3, 0.4) is 0 Å². The molecular weight excluding hydrogens is 198 g/mol. The maximum Gasteiger partial charge on any atom is 0.126 e. The van der Waals surface area contributed by atoms with Crippen molar-refractivity contribution in [1.29, 1.82) is 0 Å². The number of fused-ring (bicyclic) bond motifs is 1. The van der Waals surface area contributed by atoms with Gasteiger partial charge >= 0.3 is 0 Å². The molecule has 16 heavy (non-hydrogen) atoms. The predicted octanol–water partition coefficient (Wildman–Crippen LogP) is 2.30. The van der Waals surface area contributed by atoms with Crippen LogP contribution in [0.15, 0.2) is 30.3 Å². The van der Waals surface area contributed by atoms with Crippen LogP contribution >= 0.6 is 0 Å². The molecule has 0 spiro atoms. The van der Waals surface area contributed by atoms with Crippen LogP contribution in [0.25, 0.3) is 10.9 Å². The average Bonchev–Trinajstić information content (AvgIpc) is 2.30. The van der Waals surface area contributed by atoms with E-state index in [1.54, 1.807) is 0 Å². The van der Waals surface area contributed by atoms with Crippen LogP contribution in [0.5, 0.6) is 0 Å². The first-order valence-corrected chi connectivity index (χ1v) is 5.61. The van der Waals surface area contributed by atoms with Crippen molar-refractivity contribution in [1.82, 2.24) is 4.98 Å². The Morgan fingerprint density at radius 3 is 2.94 bits per heavy atom. The number of aryl methyl sites for hydroxylation is 1. The molecule has 0 radical (unpaired) electrons. The summed E-state index contributed by atoms with van der Waals surface area (Å²) in [5.41, 5.74) is 7.74. The molecule has 0 saturated carbocycles. The second-order valence-electron chi connectivity index (χ2n) is 3.91. The Bertz CT molecular complexity index is 480. The van der Waals surface area contributed by atoms with E-state index in [1.165, 1.54) is 10.9 Å². The molecule has 3 N–H and O–H groups in total. The Hall–Kier alpha value is -1.61. The van der Waals surface area contributed by atoms with E-state index >= 15 is 0 Å². The highest BCUT2D eigenvalue weighted by molar-refractivity contribution is 5.83. The van der Waals surface area contributed by atoms with Gasteiger partial charge in [-0.15, -0.1) is 0 Å². The molecule has 2 rings (SSSR count). The van der Waals surface area contributed by atoms with Crippen LogP contribution in [0.1, 0.15) is 12.0 Å². The molecule has 84 valence electrons. The molecule has 2 aromatic rings. The number of rotatable bonds is 4. The Labute approximate surface area is 95.7 Å². The Morgan fingerprint density at radius 1 is 1.31 bits per heavy atom. The van der Waals surface area contributed by atoms with Gasteiger partial charge in [-0.3, -0.25) is 0 Å². The summed E-state index contributed by atoms with van der Waals surface area (Å²) in [6, 6.07) is 10.3. The van der Waals surface area contributed by atoms with Crippen molar-refractivity contribution in [3.8, 4) is 0 Å². The Kier molecular flexibility index (Phi) is 3.37. The highest BCUT2D eigenvalue weighted by atomic mass is 15.0. The zero-order valence-electron chi connectivity index (χ0n) is 9.53. The van der Waals surface area contributed by atoms with Crippen LogP contribution < -0.4 is 11.1 Å². The van der Waals surface area contributed by atoms with Crippen molar-refractivity contribution in [2.45, 2.75) is 13.3 Å². The third kappa shape index (κ3) is 2.31. The fourth-order valence-electron chi connectivity index (χ4n) is 1.76. The van der Waals surface area contributed by atoms with Crippen molar-refractivity contribution in [2.75, 3.05) is 18.4 Å². The number of anilines is 1. The van der Waals surface area contributed by atoms with Gasteiger partial charge in [0.15, 0.2) is 0 Å². The van der Waals surface area contributed by atoms with Gasteiger partial charge in [0.1, 0.15) is 5.82 Å². The van der Waals surface area contributed by atoms with Crippen molar-refractivity contribution >= 4 is 16.7 Å². The SMILES string of the molecule is Cc1cc(NCCCN)nc2ccccc12. The molecule has 0 fully saturated rings. The topological polar surface area (TPSA) is 50.9 Å². The fraction of sp³-hybridized carbons (Fsp3) is 0.308. The summed E-state index contributed by atoms with van der Waals surface area (Å²) in [6.07, 6.45) is 0.966. The summed E-state index contributed by atoms with van der Waals surface area (Å²) in [7, 11) is 0. The number of para-hydroxylation sites is 1. The summed E-state index contributed by atoms with van der Waals surface area (Å²) in [5, 5.41) is 4.50. The molecule has 0 amide bonds. The van der Waals surface area contributed by atoms with Gasteiger partial charge < -0.3 is 11.1 Å². The maximum atomic E-state index is 5.45. The first-order valence-electron chi connectivity index (χ1n) is 5.61. The summed E-state index contributed by atoms with van der Waals surface area (Å²) >= 11 is 0. The van der Waals surface area contributed by atoms with Gasteiger partial charge in [0.2, 0.25) is 0 Å². The van der Waals surface area contributed by atoms with E-state index in [0.29, 0.717) is 6.54 Å². The molecule has 1 aromatic carbocycles. The number of aromatic nitrogens is 1. The van der Waals surface area contributed by atoms with Crippen LogP contribution in [-0.4, -0.2) is 18.1 Å². The molecule has 0 aliphatic carbocycles. The Morgan fingerprint density at radius 2 is 2.12 bits per heavy atom. The van der Waals surface area contributed by atoms with Gasteiger partial charge in [-0.05, 0) is 37.6 Å². The number of benzene rings is 1. The minimum atomic E-state index is 0.708. The van der Waals surface area contributed by atoms with Crippen molar-refractivity contribution in [3.63, 3.8) is 0 Å². The van der Waals surface area contributed by atoms with E-state index in [9.17, 15) is 0 Å². The van der Waals surface area contributed by atoms with E-state index in [2.05, 4.69) is 29.4 Å². The number of nitrogens with two attached hydrogens (primary N) is 1. The smallest absolute Gasteiger partial charge is 0.126 e. The largest absolute Gasteiger partial charge is 0.370 e. The molecule has 1 aromatic heterocycles. The third-order valence-electron chi connectivity index (χ3n) is 2.61. The number of hydrogen-bond donors (Lipinski definition) is 2. The number of nitrogens with zero attached hydrogens (tertiary/aromatic N) is 1. The van der Waals surface area contributed by atoms with E-state index in [0.717, 1.165) is 24.3 Å². The molecule has 1 heterocycles. The molecule has 0 aliphatic heterocycles. The lowest BCUT2D eigenvalue weighted by Gasteiger charge is -2.08. The lowest BCUT2D eigenvalue weighted by Crippen LogP contribution is -2.09.